The maximum absolute atomic E-state index is 11.9. The van der Waals surface area contributed by atoms with Gasteiger partial charge in [-0.25, -0.2) is 0 Å². The Balaban J connectivity index is 2.60. The Labute approximate surface area is 137 Å². The number of hydrogen-bond donors (Lipinski definition) is 2. The van der Waals surface area contributed by atoms with Gasteiger partial charge in [0.2, 0.25) is 5.91 Å². The van der Waals surface area contributed by atoms with Crippen molar-refractivity contribution in [3.63, 3.8) is 0 Å². The molecule has 1 aromatic rings. The summed E-state index contributed by atoms with van der Waals surface area (Å²) in [5.74, 6) is 0.852. The van der Waals surface area contributed by atoms with E-state index in [4.69, 9.17) is 14.2 Å². The number of amides is 1. The highest BCUT2D eigenvalue weighted by molar-refractivity contribution is 5.80. The van der Waals surface area contributed by atoms with E-state index in [2.05, 4.69) is 11.9 Å². The van der Waals surface area contributed by atoms with Crippen LogP contribution in [0.2, 0.25) is 0 Å². The first-order valence-corrected chi connectivity index (χ1v) is 7.43. The second-order valence-corrected chi connectivity index (χ2v) is 4.96. The van der Waals surface area contributed by atoms with Crippen molar-refractivity contribution in [2.75, 3.05) is 27.4 Å². The lowest BCUT2D eigenvalue weighted by Gasteiger charge is -2.18. The molecule has 23 heavy (non-hydrogen) atoms. The molecule has 1 rings (SSSR count). The van der Waals surface area contributed by atoms with Gasteiger partial charge in [0.05, 0.1) is 26.9 Å². The molecule has 0 radical (unpaired) electrons. The van der Waals surface area contributed by atoms with Gasteiger partial charge in [-0.15, -0.1) is 6.58 Å². The minimum atomic E-state index is -0.913. The summed E-state index contributed by atoms with van der Waals surface area (Å²) in [5.41, 5.74) is 0.548. The van der Waals surface area contributed by atoms with E-state index >= 15 is 0 Å². The normalized spacial score (nSPS) is 13.0. The van der Waals surface area contributed by atoms with Crippen LogP contribution in [-0.2, 0) is 9.53 Å². The zero-order valence-electron chi connectivity index (χ0n) is 13.9. The number of nitrogens with one attached hydrogen (secondary N) is 1. The molecule has 0 aliphatic heterocycles. The third-order valence-electron chi connectivity index (χ3n) is 3.32. The van der Waals surface area contributed by atoms with Gasteiger partial charge >= 0.3 is 0 Å². The molecule has 2 atom stereocenters. The predicted octanol–water partition coefficient (Wildman–Crippen LogP) is 1.83. The lowest BCUT2D eigenvalue weighted by Crippen LogP contribution is -2.37. The smallest absolute Gasteiger partial charge is 0.248 e. The van der Waals surface area contributed by atoms with Crippen LogP contribution in [0.25, 0.3) is 0 Å². The second-order valence-electron chi connectivity index (χ2n) is 4.96. The first-order chi connectivity index (χ1) is 11.0. The fraction of sp³-hybridized carbons (Fsp3) is 0.471. The number of ether oxygens (including phenoxy) is 3. The molecule has 0 bridgehead atoms. The summed E-state index contributed by atoms with van der Waals surface area (Å²) in [6, 6.07) is 5.13. The average Bonchev–Trinajstić information content (AvgIpc) is 2.58. The van der Waals surface area contributed by atoms with E-state index in [1.54, 1.807) is 38.3 Å². The van der Waals surface area contributed by atoms with Crippen LogP contribution in [0.3, 0.4) is 0 Å². The molecule has 0 saturated heterocycles. The van der Waals surface area contributed by atoms with Crippen molar-refractivity contribution < 1.29 is 24.1 Å². The molecule has 1 aromatic carbocycles. The Hall–Kier alpha value is -2.05. The molecule has 0 aliphatic carbocycles. The van der Waals surface area contributed by atoms with Crippen molar-refractivity contribution in [2.24, 2.45) is 0 Å². The standard InChI is InChI=1S/C17H25NO5/c1-5-6-9-23-12(2)17(20)18-11-15(19)14-10-13(21-3)7-8-16(14)22-4/h5,7-8,10,12,15,19H,1,6,9,11H2,2-4H3,(H,18,20). The molecule has 0 fully saturated rings. The summed E-state index contributed by atoms with van der Waals surface area (Å²) in [6.45, 7) is 5.74. The van der Waals surface area contributed by atoms with Gasteiger partial charge in [-0.2, -0.15) is 0 Å². The predicted molar refractivity (Wildman–Crippen MR) is 87.7 cm³/mol. The van der Waals surface area contributed by atoms with Crippen molar-refractivity contribution >= 4 is 5.91 Å². The molecule has 0 aliphatic rings. The van der Waals surface area contributed by atoms with E-state index in [-0.39, 0.29) is 12.5 Å². The Morgan fingerprint density at radius 2 is 2.13 bits per heavy atom. The first kappa shape index (κ1) is 19.0. The number of hydrogen-bond acceptors (Lipinski definition) is 5. The highest BCUT2D eigenvalue weighted by Crippen LogP contribution is 2.29. The van der Waals surface area contributed by atoms with Gasteiger partial charge in [0.1, 0.15) is 17.6 Å². The Morgan fingerprint density at radius 1 is 1.39 bits per heavy atom. The summed E-state index contributed by atoms with van der Waals surface area (Å²) in [7, 11) is 3.06. The van der Waals surface area contributed by atoms with Crippen molar-refractivity contribution in [1.29, 1.82) is 0 Å². The zero-order chi connectivity index (χ0) is 17.2. The fourth-order valence-corrected chi connectivity index (χ4v) is 1.95. The Kier molecular flexibility index (Phi) is 8.15. The molecule has 0 saturated carbocycles. The van der Waals surface area contributed by atoms with Crippen LogP contribution in [0.15, 0.2) is 30.9 Å². The largest absolute Gasteiger partial charge is 0.497 e. The van der Waals surface area contributed by atoms with Gasteiger partial charge in [-0.3, -0.25) is 4.79 Å². The Morgan fingerprint density at radius 3 is 2.74 bits per heavy atom. The average molecular weight is 323 g/mol. The molecule has 0 spiro atoms. The van der Waals surface area contributed by atoms with Crippen molar-refractivity contribution in [3.05, 3.63) is 36.4 Å². The third-order valence-corrected chi connectivity index (χ3v) is 3.32. The molecule has 2 unspecified atom stereocenters. The number of benzene rings is 1. The topological polar surface area (TPSA) is 77.0 Å². The molecule has 1 amide bonds. The van der Waals surface area contributed by atoms with Crippen molar-refractivity contribution in [1.82, 2.24) is 5.32 Å². The Bertz CT molecular complexity index is 518. The number of methoxy groups -OCH3 is 2. The lowest BCUT2D eigenvalue weighted by molar-refractivity contribution is -0.132. The van der Waals surface area contributed by atoms with Gasteiger partial charge in [0.25, 0.3) is 0 Å². The van der Waals surface area contributed by atoms with E-state index in [1.807, 2.05) is 0 Å². The summed E-state index contributed by atoms with van der Waals surface area (Å²) < 4.78 is 15.7. The van der Waals surface area contributed by atoms with Crippen LogP contribution < -0.4 is 14.8 Å². The molecule has 0 aromatic heterocycles. The van der Waals surface area contributed by atoms with Crippen molar-refractivity contribution in [2.45, 2.75) is 25.6 Å². The summed E-state index contributed by atoms with van der Waals surface area (Å²) >= 11 is 0. The van der Waals surface area contributed by atoms with Gasteiger partial charge in [0, 0.05) is 12.1 Å². The maximum Gasteiger partial charge on any atom is 0.248 e. The summed E-state index contributed by atoms with van der Waals surface area (Å²) in [4.78, 5) is 11.9. The number of carbonyl (C=O) groups is 1. The van der Waals surface area contributed by atoms with Crippen LogP contribution in [0.1, 0.15) is 25.0 Å². The van der Waals surface area contributed by atoms with E-state index in [0.29, 0.717) is 30.1 Å². The van der Waals surface area contributed by atoms with Crippen molar-refractivity contribution in [3.8, 4) is 11.5 Å². The number of carbonyl (C=O) groups excluding carboxylic acids is 1. The molecule has 6 heteroatoms. The number of aliphatic hydroxyl groups is 1. The lowest BCUT2D eigenvalue weighted by atomic mass is 10.1. The first-order valence-electron chi connectivity index (χ1n) is 7.43. The monoisotopic (exact) mass is 323 g/mol. The van der Waals surface area contributed by atoms with Crippen LogP contribution in [-0.4, -0.2) is 44.5 Å². The minimum absolute atomic E-state index is 0.0531. The van der Waals surface area contributed by atoms with E-state index < -0.39 is 12.2 Å². The van der Waals surface area contributed by atoms with E-state index in [9.17, 15) is 9.90 Å². The van der Waals surface area contributed by atoms with Crippen LogP contribution >= 0.6 is 0 Å². The third kappa shape index (κ3) is 5.92. The molecule has 2 N–H and O–H groups in total. The van der Waals surface area contributed by atoms with Crippen LogP contribution in [0.4, 0.5) is 0 Å². The van der Waals surface area contributed by atoms with Gasteiger partial charge in [-0.1, -0.05) is 6.08 Å². The zero-order valence-corrected chi connectivity index (χ0v) is 13.9. The quantitative estimate of drug-likeness (QED) is 0.507. The fourth-order valence-electron chi connectivity index (χ4n) is 1.95. The molecule has 0 heterocycles. The number of aliphatic hydroxyl groups excluding tert-OH is 1. The van der Waals surface area contributed by atoms with Gasteiger partial charge < -0.3 is 24.6 Å². The number of rotatable bonds is 10. The maximum atomic E-state index is 11.9. The van der Waals surface area contributed by atoms with Gasteiger partial charge in [0.15, 0.2) is 0 Å². The van der Waals surface area contributed by atoms with E-state index in [0.717, 1.165) is 0 Å². The molecule has 128 valence electrons. The summed E-state index contributed by atoms with van der Waals surface area (Å²) in [5, 5.41) is 13.0. The van der Waals surface area contributed by atoms with Gasteiger partial charge in [-0.05, 0) is 31.5 Å². The SMILES string of the molecule is C=CCCOC(C)C(=O)NCC(O)c1cc(OC)ccc1OC. The highest BCUT2D eigenvalue weighted by atomic mass is 16.5. The van der Waals surface area contributed by atoms with Crippen LogP contribution in [0.5, 0.6) is 11.5 Å². The minimum Gasteiger partial charge on any atom is -0.497 e. The molecular weight excluding hydrogens is 298 g/mol. The highest BCUT2D eigenvalue weighted by Gasteiger charge is 2.18. The van der Waals surface area contributed by atoms with E-state index in [1.165, 1.54) is 7.11 Å². The summed E-state index contributed by atoms with van der Waals surface area (Å²) in [6.07, 6.45) is 0.906. The molecular formula is C17H25NO5. The molecule has 6 nitrogen and oxygen atoms in total. The second kappa shape index (κ2) is 9.86. The van der Waals surface area contributed by atoms with Crippen LogP contribution in [0, 0.1) is 0 Å².